The van der Waals surface area contributed by atoms with Gasteiger partial charge in [0.2, 0.25) is 5.91 Å². The summed E-state index contributed by atoms with van der Waals surface area (Å²) in [6.07, 6.45) is 4.71. The topological polar surface area (TPSA) is 95.2 Å². The summed E-state index contributed by atoms with van der Waals surface area (Å²) in [5.74, 6) is 0.930. The van der Waals surface area contributed by atoms with Crippen LogP contribution >= 0.6 is 0 Å². The number of hydrogen-bond acceptors (Lipinski definition) is 5. The van der Waals surface area contributed by atoms with Crippen molar-refractivity contribution in [2.24, 2.45) is 5.73 Å². The molecule has 0 aliphatic rings. The van der Waals surface area contributed by atoms with Crippen LogP contribution in [0.5, 0.6) is 0 Å². The Kier molecular flexibility index (Phi) is 4.65. The highest BCUT2D eigenvalue weighted by Crippen LogP contribution is 2.31. The lowest BCUT2D eigenvalue weighted by molar-refractivity contribution is 0.100. The van der Waals surface area contributed by atoms with Gasteiger partial charge in [-0.1, -0.05) is 36.4 Å². The Morgan fingerprint density at radius 3 is 2.10 bits per heavy atom. The second-order valence-corrected chi connectivity index (χ2v) is 6.99. The first-order valence-corrected chi connectivity index (χ1v) is 9.63. The third-order valence-corrected chi connectivity index (χ3v) is 5.00. The Bertz CT molecular complexity index is 1320. The fourth-order valence-corrected chi connectivity index (χ4v) is 3.39. The highest BCUT2D eigenvalue weighted by molar-refractivity contribution is 5.93. The highest BCUT2D eigenvalue weighted by atomic mass is 16.3. The number of nitrogens with zero attached hydrogens (tertiary/aromatic N) is 2. The first kappa shape index (κ1) is 18.6. The van der Waals surface area contributed by atoms with E-state index in [1.54, 1.807) is 24.6 Å². The number of nitrogens with two attached hydrogens (primary N) is 1. The molecule has 0 atom stereocenters. The van der Waals surface area contributed by atoms with Crippen molar-refractivity contribution in [3.8, 4) is 45.2 Å². The third-order valence-electron chi connectivity index (χ3n) is 5.00. The molecule has 5 rings (SSSR count). The van der Waals surface area contributed by atoms with E-state index in [0.717, 1.165) is 33.6 Å². The van der Waals surface area contributed by atoms with Gasteiger partial charge in [0.1, 0.15) is 5.69 Å². The largest absolute Gasteiger partial charge is 0.463 e. The minimum Gasteiger partial charge on any atom is -0.463 e. The van der Waals surface area contributed by atoms with Crippen LogP contribution in [-0.4, -0.2) is 15.9 Å². The second kappa shape index (κ2) is 7.76. The summed E-state index contributed by atoms with van der Waals surface area (Å²) in [5.41, 5.74) is 11.1. The standard InChI is InChI=1S/C25H17N3O3/c26-25(29)19-9-3-16(4-10-19)20-12-21(28-22(13-20)23-2-1-11-30-23)17-5-7-18(8-6-17)24-14-27-15-31-24/h1-15H,(H2,26,29). The van der Waals surface area contributed by atoms with Crippen molar-refractivity contribution in [1.82, 2.24) is 9.97 Å². The van der Waals surface area contributed by atoms with Gasteiger partial charge in [-0.2, -0.15) is 0 Å². The molecule has 3 heterocycles. The third kappa shape index (κ3) is 3.74. The minimum atomic E-state index is -0.454. The van der Waals surface area contributed by atoms with Crippen LogP contribution in [-0.2, 0) is 0 Å². The molecule has 0 saturated carbocycles. The van der Waals surface area contributed by atoms with E-state index >= 15 is 0 Å². The van der Waals surface area contributed by atoms with Gasteiger partial charge in [0.15, 0.2) is 17.9 Å². The summed E-state index contributed by atoms with van der Waals surface area (Å²) in [7, 11) is 0. The maximum absolute atomic E-state index is 11.4. The van der Waals surface area contributed by atoms with Gasteiger partial charge in [-0.15, -0.1) is 0 Å². The van der Waals surface area contributed by atoms with E-state index in [4.69, 9.17) is 19.6 Å². The number of aromatic nitrogens is 2. The van der Waals surface area contributed by atoms with Crippen molar-refractivity contribution in [3.63, 3.8) is 0 Å². The Morgan fingerprint density at radius 1 is 0.742 bits per heavy atom. The summed E-state index contributed by atoms with van der Waals surface area (Å²) in [6.45, 7) is 0. The number of primary amides is 1. The Balaban J connectivity index is 1.59. The molecule has 6 heteroatoms. The molecular formula is C25H17N3O3. The molecule has 5 aromatic rings. The number of hydrogen-bond donors (Lipinski definition) is 1. The molecule has 0 radical (unpaired) electrons. The normalized spacial score (nSPS) is 10.8. The average Bonchev–Trinajstić information content (AvgIpc) is 3.54. The number of carbonyl (C=O) groups excluding carboxylic acids is 1. The van der Waals surface area contributed by atoms with Crippen molar-refractivity contribution < 1.29 is 13.6 Å². The quantitative estimate of drug-likeness (QED) is 0.419. The minimum absolute atomic E-state index is 0.454. The van der Waals surface area contributed by atoms with E-state index in [0.29, 0.717) is 17.1 Å². The number of amides is 1. The molecule has 3 aromatic heterocycles. The van der Waals surface area contributed by atoms with Crippen molar-refractivity contribution in [1.29, 1.82) is 0 Å². The molecule has 0 saturated heterocycles. The van der Waals surface area contributed by atoms with Gasteiger partial charge in [0.25, 0.3) is 0 Å². The lowest BCUT2D eigenvalue weighted by Gasteiger charge is -2.10. The van der Waals surface area contributed by atoms with E-state index in [9.17, 15) is 4.79 Å². The van der Waals surface area contributed by atoms with Crippen LogP contribution < -0.4 is 5.73 Å². The molecule has 0 bridgehead atoms. The van der Waals surface area contributed by atoms with Crippen LogP contribution in [0, 0.1) is 0 Å². The molecule has 0 aliphatic carbocycles. The maximum atomic E-state index is 11.4. The predicted molar refractivity (Wildman–Crippen MR) is 117 cm³/mol. The van der Waals surface area contributed by atoms with E-state index in [1.165, 1.54) is 6.39 Å². The van der Waals surface area contributed by atoms with Crippen LogP contribution in [0.25, 0.3) is 45.2 Å². The molecule has 0 fully saturated rings. The summed E-state index contributed by atoms with van der Waals surface area (Å²) >= 11 is 0. The Morgan fingerprint density at radius 2 is 1.45 bits per heavy atom. The van der Waals surface area contributed by atoms with Crippen molar-refractivity contribution >= 4 is 5.91 Å². The number of benzene rings is 2. The molecule has 1 amide bonds. The molecule has 150 valence electrons. The van der Waals surface area contributed by atoms with E-state index < -0.39 is 5.91 Å². The summed E-state index contributed by atoms with van der Waals surface area (Å²) in [5, 5.41) is 0. The van der Waals surface area contributed by atoms with E-state index in [2.05, 4.69) is 4.98 Å². The van der Waals surface area contributed by atoms with Crippen LogP contribution in [0.2, 0.25) is 0 Å². The fraction of sp³-hybridized carbons (Fsp3) is 0. The summed E-state index contributed by atoms with van der Waals surface area (Å²) in [6, 6.07) is 22.8. The first-order valence-electron chi connectivity index (χ1n) is 9.63. The van der Waals surface area contributed by atoms with Gasteiger partial charge in [-0.3, -0.25) is 4.79 Å². The van der Waals surface area contributed by atoms with Crippen molar-refractivity contribution in [2.45, 2.75) is 0 Å². The van der Waals surface area contributed by atoms with Crippen LogP contribution in [0.3, 0.4) is 0 Å². The van der Waals surface area contributed by atoms with Crippen molar-refractivity contribution in [2.75, 3.05) is 0 Å². The van der Waals surface area contributed by atoms with Gasteiger partial charge < -0.3 is 14.6 Å². The zero-order chi connectivity index (χ0) is 21.2. The van der Waals surface area contributed by atoms with Crippen LogP contribution in [0.1, 0.15) is 10.4 Å². The molecule has 0 aliphatic heterocycles. The molecule has 2 N–H and O–H groups in total. The zero-order valence-corrected chi connectivity index (χ0v) is 16.4. The van der Waals surface area contributed by atoms with E-state index in [1.807, 2.05) is 60.7 Å². The lowest BCUT2D eigenvalue weighted by atomic mass is 10.00. The number of pyridine rings is 1. The molecule has 0 spiro atoms. The van der Waals surface area contributed by atoms with Gasteiger partial charge >= 0.3 is 0 Å². The molecular weight excluding hydrogens is 390 g/mol. The number of furan rings is 1. The average molecular weight is 407 g/mol. The zero-order valence-electron chi connectivity index (χ0n) is 16.4. The first-order chi connectivity index (χ1) is 15.2. The Hall–Kier alpha value is -4.45. The van der Waals surface area contributed by atoms with Crippen molar-refractivity contribution in [3.05, 3.63) is 97.2 Å². The number of rotatable bonds is 5. The predicted octanol–water partition coefficient (Wildman–Crippen LogP) is 5.43. The smallest absolute Gasteiger partial charge is 0.248 e. The Labute approximate surface area is 178 Å². The van der Waals surface area contributed by atoms with Gasteiger partial charge in [-0.25, -0.2) is 9.97 Å². The van der Waals surface area contributed by atoms with Crippen LogP contribution in [0.4, 0.5) is 0 Å². The number of oxazole rings is 1. The summed E-state index contributed by atoms with van der Waals surface area (Å²) in [4.78, 5) is 20.2. The number of carbonyl (C=O) groups is 1. The molecule has 6 nitrogen and oxygen atoms in total. The molecule has 2 aromatic carbocycles. The molecule has 31 heavy (non-hydrogen) atoms. The van der Waals surface area contributed by atoms with Gasteiger partial charge in [-0.05, 0) is 47.5 Å². The lowest BCUT2D eigenvalue weighted by Crippen LogP contribution is -2.10. The summed E-state index contributed by atoms with van der Waals surface area (Å²) < 4.78 is 10.9. The monoisotopic (exact) mass is 407 g/mol. The van der Waals surface area contributed by atoms with Gasteiger partial charge in [0.05, 0.1) is 18.2 Å². The molecule has 0 unspecified atom stereocenters. The fourth-order valence-electron chi connectivity index (χ4n) is 3.39. The second-order valence-electron chi connectivity index (χ2n) is 6.99. The maximum Gasteiger partial charge on any atom is 0.248 e. The highest BCUT2D eigenvalue weighted by Gasteiger charge is 2.12. The SMILES string of the molecule is NC(=O)c1ccc(-c2cc(-c3ccc(-c4cnco4)cc3)nc(-c3ccco3)c2)cc1. The van der Waals surface area contributed by atoms with E-state index in [-0.39, 0.29) is 0 Å². The van der Waals surface area contributed by atoms with Crippen LogP contribution in [0.15, 0.2) is 100 Å². The van der Waals surface area contributed by atoms with Gasteiger partial charge in [0, 0.05) is 16.7 Å².